The number of hydrogen-bond acceptors (Lipinski definition) is 3. The van der Waals surface area contributed by atoms with Gasteiger partial charge in [-0.3, -0.25) is 4.79 Å². The van der Waals surface area contributed by atoms with Crippen LogP contribution < -0.4 is 5.32 Å². The van der Waals surface area contributed by atoms with Gasteiger partial charge in [0.05, 0.1) is 30.9 Å². The molecule has 0 radical (unpaired) electrons. The summed E-state index contributed by atoms with van der Waals surface area (Å²) in [5, 5.41) is 2.38. The first-order valence-electron chi connectivity index (χ1n) is 5.98. The van der Waals surface area contributed by atoms with Gasteiger partial charge in [-0.05, 0) is 12.1 Å². The average molecular weight is 291 g/mol. The number of ether oxygens (including phenoxy) is 2. The van der Waals surface area contributed by atoms with Crippen molar-refractivity contribution in [1.29, 1.82) is 0 Å². The number of amides is 1. The van der Waals surface area contributed by atoms with E-state index in [9.17, 15) is 18.0 Å². The van der Waals surface area contributed by atoms with Crippen LogP contribution in [0.1, 0.15) is 15.9 Å². The van der Waals surface area contributed by atoms with E-state index in [1.807, 2.05) is 0 Å². The summed E-state index contributed by atoms with van der Waals surface area (Å²) in [6.45, 7) is 1.13. The van der Waals surface area contributed by atoms with Gasteiger partial charge < -0.3 is 14.8 Å². The first-order chi connectivity index (χ1) is 9.46. The van der Waals surface area contributed by atoms with Gasteiger partial charge in [-0.1, -0.05) is 12.1 Å². The zero-order valence-electron chi connectivity index (χ0n) is 11.0. The summed E-state index contributed by atoms with van der Waals surface area (Å²) in [5.41, 5.74) is -1.34. The summed E-state index contributed by atoms with van der Waals surface area (Å²) >= 11 is 0. The van der Waals surface area contributed by atoms with Gasteiger partial charge >= 0.3 is 6.18 Å². The van der Waals surface area contributed by atoms with Gasteiger partial charge in [-0.25, -0.2) is 0 Å². The number of methoxy groups -OCH3 is 1. The number of halogens is 3. The predicted octanol–water partition coefficient (Wildman–Crippen LogP) is 2.10. The van der Waals surface area contributed by atoms with Crippen molar-refractivity contribution in [2.45, 2.75) is 6.18 Å². The summed E-state index contributed by atoms with van der Waals surface area (Å²) < 4.78 is 48.0. The summed E-state index contributed by atoms with van der Waals surface area (Å²) in [4.78, 5) is 11.7. The van der Waals surface area contributed by atoms with E-state index in [-0.39, 0.29) is 13.2 Å². The molecular formula is C13H16F3NO3. The second-order valence-corrected chi connectivity index (χ2v) is 3.90. The normalized spacial score (nSPS) is 11.4. The largest absolute Gasteiger partial charge is 0.417 e. The molecule has 0 saturated carbocycles. The molecule has 0 aliphatic carbocycles. The van der Waals surface area contributed by atoms with Gasteiger partial charge in [0.1, 0.15) is 0 Å². The maximum atomic E-state index is 12.7. The Morgan fingerprint density at radius 1 is 1.20 bits per heavy atom. The maximum absolute atomic E-state index is 12.7. The number of nitrogens with one attached hydrogen (secondary N) is 1. The number of carbonyl (C=O) groups excluding carboxylic acids is 1. The lowest BCUT2D eigenvalue weighted by atomic mass is 10.1. The molecule has 7 heteroatoms. The van der Waals surface area contributed by atoms with Crippen molar-refractivity contribution >= 4 is 5.91 Å². The van der Waals surface area contributed by atoms with Crippen molar-refractivity contribution in [2.24, 2.45) is 0 Å². The number of benzene rings is 1. The first-order valence-corrected chi connectivity index (χ1v) is 5.98. The fourth-order valence-electron chi connectivity index (χ4n) is 1.50. The Labute approximate surface area is 114 Å². The third kappa shape index (κ3) is 5.18. The molecule has 0 heterocycles. The van der Waals surface area contributed by atoms with Gasteiger partial charge in [0.25, 0.3) is 5.91 Å². The SMILES string of the molecule is COCCOCCNC(=O)c1ccccc1C(F)(F)F. The van der Waals surface area contributed by atoms with Crippen LogP contribution in [0.25, 0.3) is 0 Å². The fourth-order valence-corrected chi connectivity index (χ4v) is 1.50. The molecular weight excluding hydrogens is 275 g/mol. The van der Waals surface area contributed by atoms with E-state index >= 15 is 0 Å². The zero-order chi connectivity index (χ0) is 15.0. The van der Waals surface area contributed by atoms with E-state index in [0.717, 1.165) is 12.1 Å². The van der Waals surface area contributed by atoms with E-state index < -0.39 is 23.2 Å². The van der Waals surface area contributed by atoms with Crippen LogP contribution in [0, 0.1) is 0 Å². The summed E-state index contributed by atoms with van der Waals surface area (Å²) in [5.74, 6) is -0.770. The van der Waals surface area contributed by atoms with Gasteiger partial charge in [0.15, 0.2) is 0 Å². The van der Waals surface area contributed by atoms with Crippen LogP contribution in [0.15, 0.2) is 24.3 Å². The predicted molar refractivity (Wildman–Crippen MR) is 66.5 cm³/mol. The lowest BCUT2D eigenvalue weighted by Crippen LogP contribution is -2.29. The Kier molecular flexibility index (Phi) is 6.47. The molecule has 0 atom stereocenters. The molecule has 1 aromatic rings. The van der Waals surface area contributed by atoms with E-state index in [2.05, 4.69) is 5.32 Å². The summed E-state index contributed by atoms with van der Waals surface area (Å²) in [6.07, 6.45) is -4.55. The Bertz CT molecular complexity index is 435. The molecule has 1 amide bonds. The maximum Gasteiger partial charge on any atom is 0.417 e. The van der Waals surface area contributed by atoms with Gasteiger partial charge in [0.2, 0.25) is 0 Å². The Morgan fingerprint density at radius 2 is 1.90 bits per heavy atom. The second-order valence-electron chi connectivity index (χ2n) is 3.90. The van der Waals surface area contributed by atoms with Crippen molar-refractivity contribution in [3.63, 3.8) is 0 Å². The molecule has 0 aliphatic rings. The fraction of sp³-hybridized carbons (Fsp3) is 0.462. The van der Waals surface area contributed by atoms with Gasteiger partial charge in [-0.15, -0.1) is 0 Å². The topological polar surface area (TPSA) is 47.6 Å². The Balaban J connectivity index is 2.52. The van der Waals surface area contributed by atoms with Crippen molar-refractivity contribution < 1.29 is 27.4 Å². The molecule has 4 nitrogen and oxygen atoms in total. The molecule has 0 spiro atoms. The lowest BCUT2D eigenvalue weighted by Gasteiger charge is -2.12. The van der Waals surface area contributed by atoms with Crippen LogP contribution in [-0.2, 0) is 15.7 Å². The Morgan fingerprint density at radius 3 is 2.55 bits per heavy atom. The standard InChI is InChI=1S/C13H16F3NO3/c1-19-8-9-20-7-6-17-12(18)10-4-2-3-5-11(10)13(14,15)16/h2-5H,6-9H2,1H3,(H,17,18). The molecule has 0 saturated heterocycles. The van der Waals surface area contributed by atoms with Crippen molar-refractivity contribution in [2.75, 3.05) is 33.5 Å². The zero-order valence-corrected chi connectivity index (χ0v) is 11.0. The van der Waals surface area contributed by atoms with Crippen molar-refractivity contribution in [3.05, 3.63) is 35.4 Å². The minimum Gasteiger partial charge on any atom is -0.382 e. The minimum atomic E-state index is -4.55. The minimum absolute atomic E-state index is 0.134. The van der Waals surface area contributed by atoms with E-state index in [1.165, 1.54) is 19.2 Å². The number of alkyl halides is 3. The third-order valence-corrected chi connectivity index (χ3v) is 2.44. The molecule has 0 aromatic heterocycles. The van der Waals surface area contributed by atoms with Crippen molar-refractivity contribution in [1.82, 2.24) is 5.32 Å². The number of rotatable bonds is 7. The van der Waals surface area contributed by atoms with Crippen LogP contribution in [-0.4, -0.2) is 39.4 Å². The van der Waals surface area contributed by atoms with E-state index in [1.54, 1.807) is 0 Å². The molecule has 1 rings (SSSR count). The molecule has 20 heavy (non-hydrogen) atoms. The average Bonchev–Trinajstić information content (AvgIpc) is 2.41. The molecule has 0 bridgehead atoms. The van der Waals surface area contributed by atoms with Crippen LogP contribution in [0.3, 0.4) is 0 Å². The molecule has 0 unspecified atom stereocenters. The molecule has 1 aromatic carbocycles. The number of carbonyl (C=O) groups is 1. The van der Waals surface area contributed by atoms with Crippen LogP contribution >= 0.6 is 0 Å². The van der Waals surface area contributed by atoms with Crippen LogP contribution in [0.4, 0.5) is 13.2 Å². The molecule has 0 aliphatic heterocycles. The molecule has 0 fully saturated rings. The summed E-state index contributed by atoms with van der Waals surface area (Å²) in [7, 11) is 1.53. The highest BCUT2D eigenvalue weighted by atomic mass is 19.4. The second kappa shape index (κ2) is 7.86. The summed E-state index contributed by atoms with van der Waals surface area (Å²) in [6, 6.07) is 4.65. The van der Waals surface area contributed by atoms with Gasteiger partial charge in [0, 0.05) is 13.7 Å². The van der Waals surface area contributed by atoms with Crippen LogP contribution in [0.2, 0.25) is 0 Å². The smallest absolute Gasteiger partial charge is 0.382 e. The highest BCUT2D eigenvalue weighted by molar-refractivity contribution is 5.95. The molecule has 1 N–H and O–H groups in total. The third-order valence-electron chi connectivity index (χ3n) is 2.44. The monoisotopic (exact) mass is 291 g/mol. The highest BCUT2D eigenvalue weighted by Gasteiger charge is 2.34. The van der Waals surface area contributed by atoms with E-state index in [0.29, 0.717) is 13.2 Å². The van der Waals surface area contributed by atoms with Crippen molar-refractivity contribution in [3.8, 4) is 0 Å². The molecule has 112 valence electrons. The lowest BCUT2D eigenvalue weighted by molar-refractivity contribution is -0.137. The van der Waals surface area contributed by atoms with Crippen LogP contribution in [0.5, 0.6) is 0 Å². The Hall–Kier alpha value is -1.60. The van der Waals surface area contributed by atoms with Gasteiger partial charge in [-0.2, -0.15) is 13.2 Å². The van der Waals surface area contributed by atoms with E-state index in [4.69, 9.17) is 9.47 Å². The first kappa shape index (κ1) is 16.5. The highest BCUT2D eigenvalue weighted by Crippen LogP contribution is 2.31. The number of hydrogen-bond donors (Lipinski definition) is 1. The quantitative estimate of drug-likeness (QED) is 0.783.